The Morgan fingerprint density at radius 3 is 1.38 bits per heavy atom. The molecule has 0 aromatic heterocycles. The summed E-state index contributed by atoms with van der Waals surface area (Å²) in [7, 11) is 13.7. The molecule has 0 bridgehead atoms. The summed E-state index contributed by atoms with van der Waals surface area (Å²) in [6.07, 6.45) is 24.8. The van der Waals surface area contributed by atoms with Gasteiger partial charge in [-0.3, -0.25) is 0 Å². The van der Waals surface area contributed by atoms with Crippen LogP contribution in [0.1, 0.15) is 63.8 Å². The fourth-order valence-electron chi connectivity index (χ4n) is 15.2. The van der Waals surface area contributed by atoms with Gasteiger partial charge in [0.1, 0.15) is 40.3 Å². The average molecular weight is 1270 g/mol. The molecule has 2 spiro atoms. The number of nitrogens with zero attached hydrogens (tertiary/aromatic N) is 2. The molecule has 0 saturated heterocycles. The van der Waals surface area contributed by atoms with Crippen LogP contribution < -0.4 is 28.4 Å². The van der Waals surface area contributed by atoms with Gasteiger partial charge in [-0.25, -0.2) is 0 Å². The first-order valence-electron chi connectivity index (χ1n) is 32.5. The minimum atomic E-state index is -0.785. The van der Waals surface area contributed by atoms with Crippen LogP contribution in [0.4, 0.5) is 0 Å². The van der Waals surface area contributed by atoms with E-state index in [0.717, 1.165) is 119 Å². The zero-order valence-electron chi connectivity index (χ0n) is 55.5. The lowest BCUT2D eigenvalue weighted by atomic mass is 9.61. The number of fused-ring (bicyclic) bond motifs is 8. The molecule has 1 heterocycles. The molecule has 15 rings (SSSR count). The van der Waals surface area contributed by atoms with Gasteiger partial charge in [0.15, 0.2) is 5.76 Å². The molecule has 0 amide bonds. The highest BCUT2D eigenvalue weighted by molar-refractivity contribution is 5.94. The molecule has 478 valence electrons. The Bertz CT molecular complexity index is 4810. The van der Waals surface area contributed by atoms with Crippen molar-refractivity contribution in [2.45, 2.75) is 24.7 Å². The molecule has 10 heteroatoms. The van der Waals surface area contributed by atoms with Crippen molar-refractivity contribution in [2.75, 3.05) is 56.9 Å². The topological polar surface area (TPSA) is 80.3 Å². The second-order valence-corrected chi connectivity index (χ2v) is 24.6. The van der Waals surface area contributed by atoms with Gasteiger partial charge in [-0.2, -0.15) is 0 Å². The fraction of sp³-hybridized carbons (Fsp3) is 0.149. The van der Waals surface area contributed by atoms with E-state index in [1.807, 2.05) is 86.0 Å². The first-order chi connectivity index (χ1) is 47.6. The maximum atomic E-state index is 6.81. The molecule has 7 aliphatic rings. The molecule has 0 radical (unpaired) electrons. The van der Waals surface area contributed by atoms with E-state index < -0.39 is 10.8 Å². The van der Waals surface area contributed by atoms with Crippen LogP contribution in [0, 0.1) is 5.41 Å². The zero-order valence-corrected chi connectivity index (χ0v) is 55.5. The lowest BCUT2D eigenvalue weighted by Gasteiger charge is -2.48. The van der Waals surface area contributed by atoms with Crippen molar-refractivity contribution in [3.63, 3.8) is 0 Å². The lowest BCUT2D eigenvalue weighted by molar-refractivity contribution is 0.202. The van der Waals surface area contributed by atoms with Gasteiger partial charge in [0.05, 0.1) is 67.7 Å². The van der Waals surface area contributed by atoms with Gasteiger partial charge in [0, 0.05) is 64.1 Å². The maximum Gasteiger partial charge on any atom is 0.169 e. The molecule has 8 aromatic rings. The summed E-state index contributed by atoms with van der Waals surface area (Å²) in [6.45, 7) is 0. The SMILES string of the molecule is COC1=C=C=C(/C(=C\N(C=C(c2ccc(OC)cc2)c2ccc(OC)cc2)C2=CC3=C(CC2)C2=C(C=C4N(C=C(c5ccc(OC)cc5)c5ccc(OC)cc5)C=C(c5ccc(OC)cc5)C5=CC=C(OC)C54C2)C32c3ccccc3-c3ccccc32)c2ccc(OC)cc2)C=C1. The summed E-state index contributed by atoms with van der Waals surface area (Å²) < 4.78 is 47.0. The minimum absolute atomic E-state index is 0.593. The summed E-state index contributed by atoms with van der Waals surface area (Å²) in [5, 5.41) is 0. The van der Waals surface area contributed by atoms with E-state index in [-0.39, 0.29) is 0 Å². The van der Waals surface area contributed by atoms with Crippen molar-refractivity contribution in [1.82, 2.24) is 9.80 Å². The fourth-order valence-corrected chi connectivity index (χ4v) is 15.2. The van der Waals surface area contributed by atoms with Crippen molar-refractivity contribution in [1.29, 1.82) is 0 Å². The van der Waals surface area contributed by atoms with Gasteiger partial charge in [-0.15, -0.1) is 0 Å². The molecular formula is C87H72N2O8. The summed E-state index contributed by atoms with van der Waals surface area (Å²) in [4.78, 5) is 4.76. The quantitative estimate of drug-likeness (QED) is 0.0731. The molecule has 0 N–H and O–H groups in total. The number of ether oxygens (including phenoxy) is 8. The Balaban J connectivity index is 1.01. The number of allylic oxidation sites excluding steroid dienone is 14. The van der Waals surface area contributed by atoms with Gasteiger partial charge < -0.3 is 47.7 Å². The first kappa shape index (κ1) is 61.4. The molecule has 1 unspecified atom stereocenters. The molecule has 6 aliphatic carbocycles. The first-order valence-corrected chi connectivity index (χ1v) is 32.5. The minimum Gasteiger partial charge on any atom is -0.500 e. The van der Waals surface area contributed by atoms with Crippen LogP contribution in [0.5, 0.6) is 34.5 Å². The van der Waals surface area contributed by atoms with Crippen molar-refractivity contribution in [3.05, 3.63) is 368 Å². The largest absolute Gasteiger partial charge is 0.500 e. The van der Waals surface area contributed by atoms with Gasteiger partial charge in [0.25, 0.3) is 0 Å². The maximum absolute atomic E-state index is 6.81. The van der Waals surface area contributed by atoms with E-state index in [1.165, 1.54) is 50.1 Å². The van der Waals surface area contributed by atoms with Crippen LogP contribution in [0.2, 0.25) is 0 Å². The van der Waals surface area contributed by atoms with Crippen LogP contribution in [0.3, 0.4) is 0 Å². The Morgan fingerprint density at radius 1 is 0.443 bits per heavy atom. The van der Waals surface area contributed by atoms with Crippen molar-refractivity contribution in [3.8, 4) is 45.6 Å². The Kier molecular flexibility index (Phi) is 16.1. The van der Waals surface area contributed by atoms with E-state index in [4.69, 9.17) is 37.9 Å². The molecular weight excluding hydrogens is 1200 g/mol. The van der Waals surface area contributed by atoms with Gasteiger partial charge in [-0.1, -0.05) is 133 Å². The number of rotatable bonds is 19. The lowest BCUT2D eigenvalue weighted by Crippen LogP contribution is -2.41. The second kappa shape index (κ2) is 25.5. The highest BCUT2D eigenvalue weighted by Gasteiger charge is 2.60. The Labute approximate surface area is 567 Å². The van der Waals surface area contributed by atoms with Gasteiger partial charge in [-0.05, 0) is 212 Å². The summed E-state index contributed by atoms with van der Waals surface area (Å²) >= 11 is 0. The van der Waals surface area contributed by atoms with Crippen LogP contribution in [0.15, 0.2) is 323 Å². The number of hydrogen-bond acceptors (Lipinski definition) is 10. The predicted molar refractivity (Wildman–Crippen MR) is 384 cm³/mol. The van der Waals surface area contributed by atoms with Crippen LogP contribution in [-0.2, 0) is 14.9 Å². The summed E-state index contributed by atoms with van der Waals surface area (Å²) in [5.74, 6) is 6.09. The number of methoxy groups -OCH3 is 8. The average Bonchev–Trinajstić information content (AvgIpc) is 1.50. The molecule has 97 heavy (non-hydrogen) atoms. The number of hydrogen-bond donors (Lipinski definition) is 0. The predicted octanol–water partition coefficient (Wildman–Crippen LogP) is 18.7. The Hall–Kier alpha value is -11.8. The van der Waals surface area contributed by atoms with Crippen molar-refractivity contribution < 1.29 is 37.9 Å². The van der Waals surface area contributed by atoms with E-state index >= 15 is 0 Å². The molecule has 1 atom stereocenters. The third-order valence-electron chi connectivity index (χ3n) is 20.0. The normalized spacial score (nSPS) is 17.3. The zero-order chi connectivity index (χ0) is 66.4. The standard InChI is InChI=1S/C87H72N2O8/c1-90-64-32-17-56(18-33-64)75(57-19-34-65(91-2)35-20-57)52-88(53-76(58-21-36-66(92-3)37-22-58)59-23-38-67(93-4)39-24-59)63-31-46-73-74-51-86-79(47-48-85(86)97-8)78(62-29-44-70(96-7)45-30-62)55-89(54-77(60-25-40-68(94-5)41-26-60)61-27-42-69(95-6)43-28-61)84(86)50-83(74)87(82(73)49-63)80-15-11-9-13-71(80)72-14-10-12-16-81(72)87/h9-23,25-30,32-38,40-45,47-50,52-55H,31,46,51H2,1-8H3/b76-53-. The highest BCUT2D eigenvalue weighted by Crippen LogP contribution is 2.70. The van der Waals surface area contributed by atoms with Crippen molar-refractivity contribution in [2.24, 2.45) is 5.41 Å². The van der Waals surface area contributed by atoms with Gasteiger partial charge in [0.2, 0.25) is 0 Å². The van der Waals surface area contributed by atoms with E-state index in [9.17, 15) is 0 Å². The van der Waals surface area contributed by atoms with Crippen LogP contribution in [-0.4, -0.2) is 66.7 Å². The van der Waals surface area contributed by atoms with Crippen LogP contribution in [0.25, 0.3) is 33.4 Å². The molecule has 1 aliphatic heterocycles. The molecule has 8 aromatic carbocycles. The molecule has 0 saturated carbocycles. The molecule has 10 nitrogen and oxygen atoms in total. The monoisotopic (exact) mass is 1270 g/mol. The van der Waals surface area contributed by atoms with Gasteiger partial charge >= 0.3 is 0 Å². The van der Waals surface area contributed by atoms with Crippen LogP contribution >= 0.6 is 0 Å². The van der Waals surface area contributed by atoms with E-state index in [1.54, 1.807) is 49.8 Å². The summed E-state index contributed by atoms with van der Waals surface area (Å²) in [6, 6.07) is 68.1. The van der Waals surface area contributed by atoms with E-state index in [0.29, 0.717) is 18.6 Å². The second-order valence-electron chi connectivity index (χ2n) is 24.6. The number of benzene rings is 8. The Morgan fingerprint density at radius 2 is 0.907 bits per heavy atom. The summed E-state index contributed by atoms with van der Waals surface area (Å²) in [5.41, 5.74) is 29.5. The third kappa shape index (κ3) is 10.5. The molecule has 0 fully saturated rings. The third-order valence-corrected chi connectivity index (χ3v) is 20.0. The van der Waals surface area contributed by atoms with Crippen molar-refractivity contribution >= 4 is 22.3 Å². The smallest absolute Gasteiger partial charge is 0.169 e. The highest BCUT2D eigenvalue weighted by atomic mass is 16.5. The van der Waals surface area contributed by atoms with E-state index in [2.05, 4.69) is 198 Å².